The SMILES string of the molecule is NC(=O)OC(CC1c2ccccc2-c2cncn21)C1CCCCC1. The molecule has 126 valence electrons. The van der Waals surface area contributed by atoms with Crippen molar-refractivity contribution in [2.24, 2.45) is 11.7 Å². The average Bonchev–Trinajstić information content (AvgIpc) is 3.17. The van der Waals surface area contributed by atoms with Gasteiger partial charge in [0.1, 0.15) is 6.10 Å². The summed E-state index contributed by atoms with van der Waals surface area (Å²) in [5.74, 6) is 0.408. The number of amides is 1. The largest absolute Gasteiger partial charge is 0.446 e. The van der Waals surface area contributed by atoms with Gasteiger partial charge in [0.25, 0.3) is 0 Å². The van der Waals surface area contributed by atoms with Gasteiger partial charge in [-0.1, -0.05) is 43.5 Å². The maximum atomic E-state index is 11.4. The Hall–Kier alpha value is -2.30. The molecule has 5 heteroatoms. The standard InChI is InChI=1S/C19H23N3O2/c20-19(23)24-18(13-6-2-1-3-7-13)10-16-14-8-4-5-9-15(14)17-11-21-12-22(16)17/h4-5,8-9,11-13,16,18H,1-3,6-7,10H2,(H2,20,23). The molecule has 2 aliphatic rings. The summed E-state index contributed by atoms with van der Waals surface area (Å²) in [7, 11) is 0. The van der Waals surface area contributed by atoms with Gasteiger partial charge in [0.2, 0.25) is 0 Å². The maximum absolute atomic E-state index is 11.4. The Balaban J connectivity index is 1.63. The lowest BCUT2D eigenvalue weighted by Crippen LogP contribution is -2.33. The predicted molar refractivity (Wildman–Crippen MR) is 91.5 cm³/mol. The van der Waals surface area contributed by atoms with Gasteiger partial charge < -0.3 is 15.0 Å². The first-order valence-electron chi connectivity index (χ1n) is 8.81. The molecule has 1 aromatic carbocycles. The fraction of sp³-hybridized carbons (Fsp3) is 0.474. The molecule has 1 amide bonds. The second kappa shape index (κ2) is 6.30. The number of aromatic nitrogens is 2. The van der Waals surface area contributed by atoms with Gasteiger partial charge in [-0.05, 0) is 24.3 Å². The number of hydrogen-bond donors (Lipinski definition) is 1. The van der Waals surface area contributed by atoms with Crippen molar-refractivity contribution in [1.29, 1.82) is 0 Å². The molecule has 2 N–H and O–H groups in total. The number of nitrogens with zero attached hydrogens (tertiary/aromatic N) is 2. The molecule has 4 rings (SSSR count). The quantitative estimate of drug-likeness (QED) is 0.927. The Morgan fingerprint density at radius 1 is 1.29 bits per heavy atom. The molecule has 0 saturated heterocycles. The van der Waals surface area contributed by atoms with E-state index in [1.165, 1.54) is 30.4 Å². The van der Waals surface area contributed by atoms with Crippen molar-refractivity contribution >= 4 is 6.09 Å². The van der Waals surface area contributed by atoms with Crippen LogP contribution in [0.2, 0.25) is 0 Å². The lowest BCUT2D eigenvalue weighted by Gasteiger charge is -2.31. The summed E-state index contributed by atoms with van der Waals surface area (Å²) in [6.07, 6.45) is 9.67. The highest BCUT2D eigenvalue weighted by Crippen LogP contribution is 2.43. The van der Waals surface area contributed by atoms with Crippen LogP contribution in [-0.4, -0.2) is 21.7 Å². The molecule has 1 saturated carbocycles. The van der Waals surface area contributed by atoms with Gasteiger partial charge in [0.15, 0.2) is 0 Å². The van der Waals surface area contributed by atoms with E-state index in [1.807, 2.05) is 12.5 Å². The third kappa shape index (κ3) is 2.68. The number of hydrogen-bond acceptors (Lipinski definition) is 3. The number of ether oxygens (including phenoxy) is 1. The van der Waals surface area contributed by atoms with E-state index in [-0.39, 0.29) is 12.1 Å². The summed E-state index contributed by atoms with van der Waals surface area (Å²) in [5.41, 5.74) is 9.00. The first-order valence-corrected chi connectivity index (χ1v) is 8.81. The van der Waals surface area contributed by atoms with Crippen molar-refractivity contribution in [2.45, 2.75) is 50.7 Å². The van der Waals surface area contributed by atoms with Crippen molar-refractivity contribution in [3.8, 4) is 11.3 Å². The number of nitrogens with two attached hydrogens (primary N) is 1. The Morgan fingerprint density at radius 3 is 2.88 bits per heavy atom. The Morgan fingerprint density at radius 2 is 2.08 bits per heavy atom. The summed E-state index contributed by atoms with van der Waals surface area (Å²) in [6, 6.07) is 8.57. The topological polar surface area (TPSA) is 70.1 Å². The summed E-state index contributed by atoms with van der Waals surface area (Å²) >= 11 is 0. The monoisotopic (exact) mass is 325 g/mol. The second-order valence-corrected chi connectivity index (χ2v) is 6.90. The van der Waals surface area contributed by atoms with Gasteiger partial charge in [-0.3, -0.25) is 0 Å². The van der Waals surface area contributed by atoms with E-state index in [2.05, 4.69) is 33.8 Å². The summed E-state index contributed by atoms with van der Waals surface area (Å²) in [5, 5.41) is 0. The first-order chi connectivity index (χ1) is 11.7. The third-order valence-corrected chi connectivity index (χ3v) is 5.50. The molecule has 2 unspecified atom stereocenters. The summed E-state index contributed by atoms with van der Waals surface area (Å²) < 4.78 is 7.76. The summed E-state index contributed by atoms with van der Waals surface area (Å²) in [4.78, 5) is 15.8. The highest BCUT2D eigenvalue weighted by Gasteiger charge is 2.34. The van der Waals surface area contributed by atoms with Gasteiger partial charge in [-0.15, -0.1) is 0 Å². The molecule has 2 heterocycles. The van der Waals surface area contributed by atoms with Gasteiger partial charge in [-0.25, -0.2) is 9.78 Å². The zero-order valence-corrected chi connectivity index (χ0v) is 13.7. The van der Waals surface area contributed by atoms with Crippen LogP contribution in [0.15, 0.2) is 36.8 Å². The molecule has 2 atom stereocenters. The Labute approximate surface area is 141 Å². The van der Waals surface area contributed by atoms with Crippen LogP contribution in [0.3, 0.4) is 0 Å². The molecular formula is C19H23N3O2. The molecule has 1 aliphatic carbocycles. The van der Waals surface area contributed by atoms with Crippen molar-refractivity contribution in [2.75, 3.05) is 0 Å². The molecule has 1 aromatic heterocycles. The number of carbonyl (C=O) groups excluding carboxylic acids is 1. The van der Waals surface area contributed by atoms with Crippen molar-refractivity contribution in [3.05, 3.63) is 42.4 Å². The minimum Gasteiger partial charge on any atom is -0.446 e. The Kier molecular flexibility index (Phi) is 4.00. The van der Waals surface area contributed by atoms with E-state index in [0.29, 0.717) is 5.92 Å². The van der Waals surface area contributed by atoms with E-state index < -0.39 is 6.09 Å². The van der Waals surface area contributed by atoms with Gasteiger partial charge >= 0.3 is 6.09 Å². The second-order valence-electron chi connectivity index (χ2n) is 6.90. The minimum absolute atomic E-state index is 0.130. The molecule has 0 spiro atoms. The molecule has 2 aromatic rings. The number of rotatable bonds is 4. The minimum atomic E-state index is -0.664. The van der Waals surface area contributed by atoms with Crippen LogP contribution in [0.4, 0.5) is 4.79 Å². The van der Waals surface area contributed by atoms with Gasteiger partial charge in [-0.2, -0.15) is 0 Å². The molecule has 0 radical (unpaired) electrons. The molecule has 24 heavy (non-hydrogen) atoms. The summed E-state index contributed by atoms with van der Waals surface area (Å²) in [6.45, 7) is 0. The van der Waals surface area contributed by atoms with Gasteiger partial charge in [0.05, 0.1) is 24.3 Å². The van der Waals surface area contributed by atoms with Crippen molar-refractivity contribution in [3.63, 3.8) is 0 Å². The maximum Gasteiger partial charge on any atom is 0.404 e. The lowest BCUT2D eigenvalue weighted by atomic mass is 9.82. The third-order valence-electron chi connectivity index (χ3n) is 5.50. The molecular weight excluding hydrogens is 302 g/mol. The van der Waals surface area contributed by atoms with Crippen LogP contribution < -0.4 is 5.73 Å². The van der Waals surface area contributed by atoms with Crippen molar-refractivity contribution in [1.82, 2.24) is 9.55 Å². The average molecular weight is 325 g/mol. The number of carbonyl (C=O) groups is 1. The van der Waals surface area contributed by atoms with E-state index in [0.717, 1.165) is 25.0 Å². The lowest BCUT2D eigenvalue weighted by molar-refractivity contribution is 0.0425. The van der Waals surface area contributed by atoms with Crippen LogP contribution >= 0.6 is 0 Å². The number of primary amides is 1. The normalized spacial score (nSPS) is 21.1. The van der Waals surface area contributed by atoms with Gasteiger partial charge in [0, 0.05) is 12.0 Å². The molecule has 1 aliphatic heterocycles. The highest BCUT2D eigenvalue weighted by molar-refractivity contribution is 5.69. The molecule has 1 fully saturated rings. The van der Waals surface area contributed by atoms with Crippen LogP contribution in [-0.2, 0) is 4.74 Å². The van der Waals surface area contributed by atoms with Crippen LogP contribution in [0.1, 0.15) is 50.1 Å². The van der Waals surface area contributed by atoms with E-state index in [9.17, 15) is 4.79 Å². The zero-order valence-electron chi connectivity index (χ0n) is 13.7. The van der Waals surface area contributed by atoms with Crippen LogP contribution in [0.25, 0.3) is 11.3 Å². The fourth-order valence-electron chi connectivity index (χ4n) is 4.38. The number of benzene rings is 1. The molecule has 5 nitrogen and oxygen atoms in total. The van der Waals surface area contributed by atoms with E-state index in [1.54, 1.807) is 0 Å². The van der Waals surface area contributed by atoms with E-state index >= 15 is 0 Å². The number of fused-ring (bicyclic) bond motifs is 3. The smallest absolute Gasteiger partial charge is 0.404 e. The zero-order chi connectivity index (χ0) is 16.5. The molecule has 0 bridgehead atoms. The van der Waals surface area contributed by atoms with Crippen LogP contribution in [0, 0.1) is 5.92 Å². The highest BCUT2D eigenvalue weighted by atomic mass is 16.6. The predicted octanol–water partition coefficient (Wildman–Crippen LogP) is 3.89. The van der Waals surface area contributed by atoms with Crippen LogP contribution in [0.5, 0.6) is 0 Å². The van der Waals surface area contributed by atoms with Crippen molar-refractivity contribution < 1.29 is 9.53 Å². The van der Waals surface area contributed by atoms with E-state index in [4.69, 9.17) is 10.5 Å². The number of imidazole rings is 1. The Bertz CT molecular complexity index is 734. The fourth-order valence-corrected chi connectivity index (χ4v) is 4.38. The first kappa shape index (κ1) is 15.2.